The first-order chi connectivity index (χ1) is 9.99. The van der Waals surface area contributed by atoms with E-state index < -0.39 is 0 Å². The van der Waals surface area contributed by atoms with Gasteiger partial charge < -0.3 is 10.2 Å². The third kappa shape index (κ3) is 4.43. The van der Waals surface area contributed by atoms with E-state index in [1.54, 1.807) is 0 Å². The molecule has 2 rings (SSSR count). The molecule has 2 aliphatic heterocycles. The number of rotatable bonds is 5. The summed E-state index contributed by atoms with van der Waals surface area (Å²) in [4.78, 5) is 16.9. The van der Waals surface area contributed by atoms with Gasteiger partial charge in [0.05, 0.1) is 6.54 Å². The van der Waals surface area contributed by atoms with Crippen LogP contribution in [0.5, 0.6) is 0 Å². The van der Waals surface area contributed by atoms with Crippen LogP contribution in [-0.2, 0) is 4.79 Å². The van der Waals surface area contributed by atoms with E-state index in [1.807, 2.05) is 4.90 Å². The number of hydrogen-bond donors (Lipinski definition) is 1. The Bertz CT molecular complexity index is 321. The number of carbonyl (C=O) groups is 1. The van der Waals surface area contributed by atoms with Crippen molar-refractivity contribution in [3.05, 3.63) is 0 Å². The monoisotopic (exact) mass is 295 g/mol. The zero-order chi connectivity index (χ0) is 15.4. The third-order valence-electron chi connectivity index (χ3n) is 5.06. The van der Waals surface area contributed by atoms with Gasteiger partial charge in [-0.25, -0.2) is 0 Å². The zero-order valence-corrected chi connectivity index (χ0v) is 14.3. The molecule has 2 aliphatic rings. The van der Waals surface area contributed by atoms with E-state index in [0.717, 1.165) is 25.0 Å². The Labute approximate surface area is 130 Å². The average molecular weight is 295 g/mol. The molecular formula is C17H33N3O. The van der Waals surface area contributed by atoms with Crippen LogP contribution in [-0.4, -0.2) is 60.0 Å². The van der Waals surface area contributed by atoms with Crippen LogP contribution in [0.1, 0.15) is 53.4 Å². The highest BCUT2D eigenvalue weighted by Gasteiger charge is 2.30. The number of hydrogen-bond acceptors (Lipinski definition) is 3. The van der Waals surface area contributed by atoms with Gasteiger partial charge in [0.2, 0.25) is 5.91 Å². The maximum Gasteiger partial charge on any atom is 0.237 e. The van der Waals surface area contributed by atoms with E-state index in [4.69, 9.17) is 0 Å². The average Bonchev–Trinajstić information content (AvgIpc) is 2.92. The minimum absolute atomic E-state index is 0.289. The van der Waals surface area contributed by atoms with E-state index in [-0.39, 0.29) is 18.0 Å². The Kier molecular flexibility index (Phi) is 6.06. The van der Waals surface area contributed by atoms with Crippen molar-refractivity contribution in [2.24, 2.45) is 5.92 Å². The molecule has 4 nitrogen and oxygen atoms in total. The summed E-state index contributed by atoms with van der Waals surface area (Å²) in [5.41, 5.74) is 0. The molecule has 2 saturated heterocycles. The molecule has 0 bridgehead atoms. The van der Waals surface area contributed by atoms with Gasteiger partial charge in [-0.15, -0.1) is 0 Å². The molecule has 2 fully saturated rings. The number of piperidine rings is 1. The van der Waals surface area contributed by atoms with E-state index in [0.29, 0.717) is 6.54 Å². The second-order valence-electron chi connectivity index (χ2n) is 7.30. The van der Waals surface area contributed by atoms with Gasteiger partial charge >= 0.3 is 0 Å². The second-order valence-corrected chi connectivity index (χ2v) is 7.30. The quantitative estimate of drug-likeness (QED) is 0.843. The topological polar surface area (TPSA) is 35.6 Å². The van der Waals surface area contributed by atoms with Crippen LogP contribution in [0.4, 0.5) is 0 Å². The lowest BCUT2D eigenvalue weighted by atomic mass is 9.88. The number of nitrogens with one attached hydrogen (secondary N) is 1. The van der Waals surface area contributed by atoms with E-state index in [9.17, 15) is 4.79 Å². The van der Waals surface area contributed by atoms with Gasteiger partial charge in [-0.2, -0.15) is 0 Å². The summed E-state index contributed by atoms with van der Waals surface area (Å²) in [5.74, 6) is 1.11. The van der Waals surface area contributed by atoms with Gasteiger partial charge in [0.1, 0.15) is 0 Å². The summed E-state index contributed by atoms with van der Waals surface area (Å²) >= 11 is 0. The summed E-state index contributed by atoms with van der Waals surface area (Å²) in [7, 11) is 0. The van der Waals surface area contributed by atoms with Crippen molar-refractivity contribution in [1.29, 1.82) is 0 Å². The first-order valence-corrected chi connectivity index (χ1v) is 8.76. The highest BCUT2D eigenvalue weighted by atomic mass is 16.2. The Morgan fingerprint density at radius 3 is 2.24 bits per heavy atom. The summed E-state index contributed by atoms with van der Waals surface area (Å²) < 4.78 is 0. The van der Waals surface area contributed by atoms with Crippen molar-refractivity contribution < 1.29 is 4.79 Å². The van der Waals surface area contributed by atoms with Crippen molar-refractivity contribution >= 4 is 5.91 Å². The molecular weight excluding hydrogens is 262 g/mol. The summed E-state index contributed by atoms with van der Waals surface area (Å²) in [5, 5.41) is 3.64. The Balaban J connectivity index is 1.78. The van der Waals surface area contributed by atoms with Gasteiger partial charge in [-0.3, -0.25) is 9.69 Å². The van der Waals surface area contributed by atoms with Crippen LogP contribution < -0.4 is 5.32 Å². The molecule has 2 heterocycles. The first kappa shape index (κ1) is 16.8. The number of carbonyl (C=O) groups excluding carboxylic acids is 1. The van der Waals surface area contributed by atoms with Crippen molar-refractivity contribution in [2.75, 3.05) is 26.2 Å². The highest BCUT2D eigenvalue weighted by Crippen LogP contribution is 2.25. The minimum atomic E-state index is 0.289. The largest absolute Gasteiger partial charge is 0.337 e. The molecule has 0 aromatic heterocycles. The highest BCUT2D eigenvalue weighted by molar-refractivity contribution is 5.78. The van der Waals surface area contributed by atoms with Crippen LogP contribution in [0.25, 0.3) is 0 Å². The van der Waals surface area contributed by atoms with E-state index in [1.165, 1.54) is 32.2 Å². The molecule has 122 valence electrons. The smallest absolute Gasteiger partial charge is 0.237 e. The first-order valence-electron chi connectivity index (χ1n) is 8.76. The van der Waals surface area contributed by atoms with Crippen LogP contribution in [0, 0.1) is 5.92 Å². The van der Waals surface area contributed by atoms with Crippen LogP contribution in [0.2, 0.25) is 0 Å². The lowest BCUT2D eigenvalue weighted by Crippen LogP contribution is -2.49. The molecule has 0 spiro atoms. The van der Waals surface area contributed by atoms with Gasteiger partial charge in [-0.05, 0) is 78.9 Å². The summed E-state index contributed by atoms with van der Waals surface area (Å²) in [6.07, 6.45) is 5.17. The molecule has 4 heteroatoms. The predicted octanol–water partition coefficient (Wildman–Crippen LogP) is 2.10. The maximum atomic E-state index is 12.5. The molecule has 0 saturated carbocycles. The van der Waals surface area contributed by atoms with E-state index >= 15 is 0 Å². The standard InChI is InChI=1S/C17H33N3O/c1-13(2)20(14(3)4)17(21)12-19-10-7-15(8-11-19)16-6-5-9-18-16/h13-16,18H,5-12H2,1-4H3. The number of likely N-dealkylation sites (tertiary alicyclic amines) is 1. The molecule has 1 unspecified atom stereocenters. The normalized spacial score (nSPS) is 25.0. The lowest BCUT2D eigenvalue weighted by molar-refractivity contribution is -0.136. The fraction of sp³-hybridized carbons (Fsp3) is 0.941. The fourth-order valence-electron chi connectivity index (χ4n) is 4.07. The molecule has 1 amide bonds. The second kappa shape index (κ2) is 7.59. The van der Waals surface area contributed by atoms with Gasteiger partial charge in [0.25, 0.3) is 0 Å². The molecule has 0 aromatic carbocycles. The van der Waals surface area contributed by atoms with E-state index in [2.05, 4.69) is 37.9 Å². The fourth-order valence-corrected chi connectivity index (χ4v) is 4.07. The zero-order valence-electron chi connectivity index (χ0n) is 14.3. The van der Waals surface area contributed by atoms with Gasteiger partial charge in [0, 0.05) is 18.1 Å². The van der Waals surface area contributed by atoms with Crippen molar-refractivity contribution in [1.82, 2.24) is 15.1 Å². The molecule has 0 aromatic rings. The molecule has 1 N–H and O–H groups in total. The molecule has 21 heavy (non-hydrogen) atoms. The Morgan fingerprint density at radius 2 is 1.76 bits per heavy atom. The third-order valence-corrected chi connectivity index (χ3v) is 5.06. The molecule has 0 radical (unpaired) electrons. The van der Waals surface area contributed by atoms with Gasteiger partial charge in [-0.1, -0.05) is 0 Å². The summed E-state index contributed by atoms with van der Waals surface area (Å²) in [6, 6.07) is 1.32. The Morgan fingerprint density at radius 1 is 1.14 bits per heavy atom. The minimum Gasteiger partial charge on any atom is -0.337 e. The van der Waals surface area contributed by atoms with Crippen molar-refractivity contribution in [3.63, 3.8) is 0 Å². The SMILES string of the molecule is CC(C)N(C(=O)CN1CCC(C2CCCN2)CC1)C(C)C. The lowest BCUT2D eigenvalue weighted by Gasteiger charge is -2.37. The maximum absolute atomic E-state index is 12.5. The van der Waals surface area contributed by atoms with Crippen molar-refractivity contribution in [2.45, 2.75) is 71.5 Å². The molecule has 0 aliphatic carbocycles. The summed E-state index contributed by atoms with van der Waals surface area (Å²) in [6.45, 7) is 12.4. The van der Waals surface area contributed by atoms with Crippen molar-refractivity contribution in [3.8, 4) is 0 Å². The number of nitrogens with zero attached hydrogens (tertiary/aromatic N) is 2. The molecule has 1 atom stereocenters. The van der Waals surface area contributed by atoms with Crippen LogP contribution in [0.15, 0.2) is 0 Å². The Hall–Kier alpha value is -0.610. The van der Waals surface area contributed by atoms with Crippen LogP contribution in [0.3, 0.4) is 0 Å². The van der Waals surface area contributed by atoms with Crippen LogP contribution >= 0.6 is 0 Å². The van der Waals surface area contributed by atoms with Gasteiger partial charge in [0.15, 0.2) is 0 Å². The number of amides is 1. The predicted molar refractivity (Wildman–Crippen MR) is 87.3 cm³/mol.